The van der Waals surface area contributed by atoms with Crippen molar-refractivity contribution in [1.29, 1.82) is 0 Å². The van der Waals surface area contributed by atoms with E-state index < -0.39 is 0 Å². The van der Waals surface area contributed by atoms with Crippen LogP contribution in [0.3, 0.4) is 0 Å². The Bertz CT molecular complexity index is 1370. The van der Waals surface area contributed by atoms with Crippen LogP contribution < -0.4 is 0 Å². The number of hydrogen-bond donors (Lipinski definition) is 0. The number of allylic oxidation sites excluding steroid dienone is 8. The molecule has 292 valence electrons. The average molecular weight is 707 g/mol. The highest BCUT2D eigenvalue weighted by atomic mass is 19.1. The Morgan fingerprint density at radius 2 is 1.29 bits per heavy atom. The van der Waals surface area contributed by atoms with E-state index >= 15 is 4.39 Å². The topological polar surface area (TPSA) is 9.23 Å². The largest absolute Gasteiger partial charge is 0.498 e. The van der Waals surface area contributed by atoms with Crippen molar-refractivity contribution >= 4 is 11.6 Å². The van der Waals surface area contributed by atoms with E-state index in [4.69, 9.17) is 4.74 Å². The molecule has 0 saturated heterocycles. The molecule has 2 heteroatoms. The van der Waals surface area contributed by atoms with Crippen molar-refractivity contribution in [2.24, 2.45) is 16.2 Å². The first-order valence-corrected chi connectivity index (χ1v) is 20.0. The second kappa shape index (κ2) is 23.1. The third kappa shape index (κ3) is 15.5. The van der Waals surface area contributed by atoms with Gasteiger partial charge in [-0.25, -0.2) is 4.39 Å². The van der Waals surface area contributed by atoms with Gasteiger partial charge in [0.15, 0.2) is 0 Å². The fourth-order valence-electron chi connectivity index (χ4n) is 6.48. The van der Waals surface area contributed by atoms with Crippen LogP contribution >= 0.6 is 0 Å². The maximum atomic E-state index is 15.7. The summed E-state index contributed by atoms with van der Waals surface area (Å²) in [5, 5.41) is 0. The minimum atomic E-state index is -0.168. The maximum Gasteiger partial charge on any atom is 0.134 e. The molecule has 0 aromatic heterocycles. The molecule has 0 amide bonds. The highest BCUT2D eigenvalue weighted by Crippen LogP contribution is 2.49. The second-order valence-electron chi connectivity index (χ2n) is 16.2. The number of halogens is 1. The van der Waals surface area contributed by atoms with Gasteiger partial charge in [0.2, 0.25) is 0 Å². The molecule has 1 nitrogen and oxygen atoms in total. The molecule has 0 atom stereocenters. The molecule has 0 radical (unpaired) electrons. The van der Waals surface area contributed by atoms with Crippen LogP contribution in [-0.4, -0.2) is 6.61 Å². The summed E-state index contributed by atoms with van der Waals surface area (Å²) in [7, 11) is 0. The van der Waals surface area contributed by atoms with Crippen LogP contribution in [0.25, 0.3) is 11.6 Å². The van der Waals surface area contributed by atoms with Crippen molar-refractivity contribution in [2.75, 3.05) is 6.61 Å². The van der Waals surface area contributed by atoms with Crippen molar-refractivity contribution in [3.05, 3.63) is 93.1 Å². The lowest BCUT2D eigenvalue weighted by atomic mass is 9.72. The molecule has 1 aromatic carbocycles. The molecule has 51 heavy (non-hydrogen) atoms. The van der Waals surface area contributed by atoms with Crippen molar-refractivity contribution in [1.82, 2.24) is 0 Å². The van der Waals surface area contributed by atoms with Gasteiger partial charge >= 0.3 is 0 Å². The van der Waals surface area contributed by atoms with Crippen LogP contribution in [0.15, 0.2) is 59.4 Å². The van der Waals surface area contributed by atoms with Crippen LogP contribution in [-0.2, 0) is 17.6 Å². The van der Waals surface area contributed by atoms with Crippen LogP contribution in [0.4, 0.5) is 4.39 Å². The van der Waals surface area contributed by atoms with E-state index in [9.17, 15) is 0 Å². The summed E-state index contributed by atoms with van der Waals surface area (Å²) in [5.74, 6) is 0.679. The zero-order chi connectivity index (χ0) is 40.5. The molecule has 0 N–H and O–H groups in total. The van der Waals surface area contributed by atoms with Gasteiger partial charge in [-0.3, -0.25) is 0 Å². The number of hydrogen-bond acceptors (Lipinski definition) is 1. The normalized spacial score (nSPS) is 13.9. The summed E-state index contributed by atoms with van der Waals surface area (Å²) < 4.78 is 21.0. The predicted molar refractivity (Wildman–Crippen MR) is 232 cm³/mol. The number of rotatable bonds is 15. The van der Waals surface area contributed by atoms with Crippen molar-refractivity contribution in [3.63, 3.8) is 0 Å². The molecule has 0 spiro atoms. The zero-order valence-corrected chi connectivity index (χ0v) is 37.4. The number of benzene rings is 1. The first-order chi connectivity index (χ1) is 23.6. The van der Waals surface area contributed by atoms with Gasteiger partial charge in [0.25, 0.3) is 0 Å². The Labute approximate surface area is 318 Å². The van der Waals surface area contributed by atoms with E-state index in [1.165, 1.54) is 55.2 Å². The van der Waals surface area contributed by atoms with Gasteiger partial charge < -0.3 is 4.74 Å². The van der Waals surface area contributed by atoms with E-state index in [1.54, 1.807) is 6.08 Å². The Morgan fingerprint density at radius 3 is 1.61 bits per heavy atom. The fraction of sp³-hybridized carbons (Fsp3) is 0.633. The highest BCUT2D eigenvalue weighted by Gasteiger charge is 2.41. The molecular formula is C49H83FO. The van der Waals surface area contributed by atoms with Gasteiger partial charge in [-0.05, 0) is 149 Å². The fourth-order valence-corrected chi connectivity index (χ4v) is 6.48. The maximum absolute atomic E-state index is 15.7. The van der Waals surface area contributed by atoms with Gasteiger partial charge in [0, 0.05) is 11.0 Å². The number of ether oxygens (including phenoxy) is 1. The Hall–Kier alpha value is -2.61. The highest BCUT2D eigenvalue weighted by molar-refractivity contribution is 5.87. The lowest BCUT2D eigenvalue weighted by molar-refractivity contribution is 0.153. The Balaban J connectivity index is 0. The van der Waals surface area contributed by atoms with E-state index in [2.05, 4.69) is 123 Å². The smallest absolute Gasteiger partial charge is 0.134 e. The van der Waals surface area contributed by atoms with Gasteiger partial charge in [-0.2, -0.15) is 0 Å². The van der Waals surface area contributed by atoms with Crippen molar-refractivity contribution in [3.8, 4) is 0 Å². The van der Waals surface area contributed by atoms with E-state index in [1.807, 2.05) is 34.6 Å². The lowest BCUT2D eigenvalue weighted by Crippen LogP contribution is -2.21. The molecule has 0 aliphatic heterocycles. The van der Waals surface area contributed by atoms with Crippen molar-refractivity contribution < 1.29 is 9.13 Å². The summed E-state index contributed by atoms with van der Waals surface area (Å²) in [6.45, 7) is 53.7. The van der Waals surface area contributed by atoms with Crippen LogP contribution in [0.1, 0.15) is 191 Å². The summed E-state index contributed by atoms with van der Waals surface area (Å²) in [5.41, 5.74) is 12.6. The molecule has 0 unspecified atom stereocenters. The van der Waals surface area contributed by atoms with Gasteiger partial charge in [0.1, 0.15) is 5.82 Å². The van der Waals surface area contributed by atoms with Crippen molar-refractivity contribution in [2.45, 2.75) is 183 Å². The van der Waals surface area contributed by atoms with E-state index in [0.29, 0.717) is 27.4 Å². The molecule has 1 saturated carbocycles. The third-order valence-corrected chi connectivity index (χ3v) is 11.2. The van der Waals surface area contributed by atoms with Gasteiger partial charge in [-0.1, -0.05) is 132 Å². The first kappa shape index (κ1) is 50.5. The molecular weight excluding hydrogens is 624 g/mol. The monoisotopic (exact) mass is 707 g/mol. The summed E-state index contributed by atoms with van der Waals surface area (Å²) in [6.07, 6.45) is 13.4. The zero-order valence-electron chi connectivity index (χ0n) is 37.4. The molecule has 1 aliphatic rings. The summed E-state index contributed by atoms with van der Waals surface area (Å²) >= 11 is 0. The lowest BCUT2D eigenvalue weighted by Gasteiger charge is -2.33. The minimum absolute atomic E-state index is 0.168. The minimum Gasteiger partial charge on any atom is -0.498 e. The SMILES string of the molecule is C=C(C)OCC1(CC)CC1.C=Cc1c(C)c(F)c(C(=C)/C(C(C)=C(C)C)=C(C)\C(C)=C/C)c(CC)c1CC.CC.CCC(C)(C)CC(C)(C)CC. The first-order valence-electron chi connectivity index (χ1n) is 20.0. The molecule has 1 aromatic rings. The average Bonchev–Trinajstić information content (AvgIpc) is 3.89. The van der Waals surface area contributed by atoms with Gasteiger partial charge in [-0.15, -0.1) is 0 Å². The third-order valence-electron chi connectivity index (χ3n) is 11.2. The summed E-state index contributed by atoms with van der Waals surface area (Å²) in [6, 6.07) is 0. The molecule has 1 aliphatic carbocycles. The Kier molecular flexibility index (Phi) is 22.9. The van der Waals surface area contributed by atoms with E-state index in [0.717, 1.165) is 58.6 Å². The van der Waals surface area contributed by atoms with Gasteiger partial charge in [0.05, 0.1) is 12.4 Å². The molecule has 1 fully saturated rings. The van der Waals surface area contributed by atoms with Crippen LogP contribution in [0, 0.1) is 29.0 Å². The second-order valence-corrected chi connectivity index (χ2v) is 16.2. The quantitative estimate of drug-likeness (QED) is 0.130. The molecule has 0 heterocycles. The van der Waals surface area contributed by atoms with Crippen LogP contribution in [0.5, 0.6) is 0 Å². The predicted octanol–water partition coefficient (Wildman–Crippen LogP) is 16.6. The van der Waals surface area contributed by atoms with Crippen LogP contribution in [0.2, 0.25) is 0 Å². The summed E-state index contributed by atoms with van der Waals surface area (Å²) in [4.78, 5) is 0. The Morgan fingerprint density at radius 1 is 0.824 bits per heavy atom. The molecule has 2 rings (SSSR count). The van der Waals surface area contributed by atoms with E-state index in [-0.39, 0.29) is 5.82 Å². The molecule has 0 bridgehead atoms. The standard InChI is InChI=1S/C27H37F.C11H24.C9H16O.C2H6/c1-12-17(7)19(9)25(18(8)16(5)6)21(11)26-24(15-4)23(14-3)22(13-2)20(10)27(26)28;1-7-10(3,4)9-11(5,6)8-2;1-4-9(5-6-9)7-10-8(2)3;1-2/h12-13H,2,11,14-15H2,1,3-10H3;7-9H2,1-6H3;2,4-7H2,1,3H3;1-2H3/b17-12-,25-19-;;;.